The van der Waals surface area contributed by atoms with Crippen LogP contribution in [-0.4, -0.2) is 23.7 Å². The van der Waals surface area contributed by atoms with Gasteiger partial charge >= 0.3 is 11.9 Å². The molecule has 4 rings (SSSR count). The van der Waals surface area contributed by atoms with Crippen LogP contribution in [0.2, 0.25) is 0 Å². The highest BCUT2D eigenvalue weighted by Crippen LogP contribution is 2.67. The Bertz CT molecular complexity index is 772. The summed E-state index contributed by atoms with van der Waals surface area (Å²) in [4.78, 5) is 23.1. The second kappa shape index (κ2) is 9.84. The minimum atomic E-state index is -0.854. The average molecular weight is 459 g/mol. The third kappa shape index (κ3) is 4.58. The van der Waals surface area contributed by atoms with Gasteiger partial charge in [0.15, 0.2) is 0 Å². The molecular formula is C29H46O4. The predicted molar refractivity (Wildman–Crippen MR) is 130 cm³/mol. The lowest BCUT2D eigenvalue weighted by molar-refractivity contribution is -0.164. The largest absolute Gasteiger partial charge is 0.391 e. The van der Waals surface area contributed by atoms with Gasteiger partial charge in [-0.1, -0.05) is 58.6 Å². The van der Waals surface area contributed by atoms with Crippen molar-refractivity contribution in [1.82, 2.24) is 0 Å². The molecule has 0 amide bonds. The van der Waals surface area contributed by atoms with Gasteiger partial charge in [0.25, 0.3) is 0 Å². The topological polar surface area (TPSA) is 63.6 Å². The minimum Gasteiger partial charge on any atom is -0.391 e. The normalized spacial score (nSPS) is 39.5. The molecule has 4 aliphatic carbocycles. The molecule has 33 heavy (non-hydrogen) atoms. The summed E-state index contributed by atoms with van der Waals surface area (Å²) in [6, 6.07) is 0. The summed E-state index contributed by atoms with van der Waals surface area (Å²) in [7, 11) is 0. The molecule has 0 aliphatic heterocycles. The lowest BCUT2D eigenvalue weighted by Crippen LogP contribution is -2.50. The molecule has 4 aliphatic rings. The summed E-state index contributed by atoms with van der Waals surface area (Å²) in [6.07, 6.45) is 18.0. The van der Waals surface area contributed by atoms with Gasteiger partial charge in [0.05, 0.1) is 5.92 Å². The van der Waals surface area contributed by atoms with Gasteiger partial charge in [-0.15, -0.1) is 0 Å². The third-order valence-corrected chi connectivity index (χ3v) is 10.8. The van der Waals surface area contributed by atoms with Crippen molar-refractivity contribution in [2.45, 2.75) is 105 Å². The first kappa shape index (κ1) is 24.9. The maximum Gasteiger partial charge on any atom is 0.339 e. The fourth-order valence-corrected chi connectivity index (χ4v) is 8.98. The number of esters is 2. The fourth-order valence-electron chi connectivity index (χ4n) is 8.98. The van der Waals surface area contributed by atoms with E-state index in [1.165, 1.54) is 57.8 Å². The van der Waals surface area contributed by atoms with Crippen molar-refractivity contribution >= 4 is 11.9 Å². The van der Waals surface area contributed by atoms with Crippen LogP contribution in [0.15, 0.2) is 11.6 Å². The van der Waals surface area contributed by atoms with E-state index in [9.17, 15) is 9.59 Å². The number of carbonyl (C=O) groups is 2. The molecule has 0 saturated heterocycles. The van der Waals surface area contributed by atoms with Crippen molar-refractivity contribution in [2.75, 3.05) is 6.61 Å². The first-order chi connectivity index (χ1) is 15.7. The molecule has 1 N–H and O–H groups in total. The van der Waals surface area contributed by atoms with E-state index in [0.717, 1.165) is 42.9 Å². The quantitative estimate of drug-likeness (QED) is 0.270. The second-order valence-electron chi connectivity index (χ2n) is 12.5. The van der Waals surface area contributed by atoms with E-state index in [2.05, 4.69) is 31.6 Å². The zero-order valence-electron chi connectivity index (χ0n) is 21.4. The zero-order chi connectivity index (χ0) is 23.8. The molecule has 0 aromatic rings. The molecule has 8 atom stereocenters. The highest BCUT2D eigenvalue weighted by Gasteiger charge is 2.58. The van der Waals surface area contributed by atoms with Gasteiger partial charge in [-0.05, 0) is 98.2 Å². The van der Waals surface area contributed by atoms with Crippen molar-refractivity contribution in [2.24, 2.45) is 46.3 Å². The molecule has 4 nitrogen and oxygen atoms in total. The number of hydrogen-bond acceptors (Lipinski definition) is 4. The van der Waals surface area contributed by atoms with E-state index in [0.29, 0.717) is 16.7 Å². The Balaban J connectivity index is 1.35. The van der Waals surface area contributed by atoms with Crippen LogP contribution in [0.25, 0.3) is 0 Å². The molecule has 0 radical (unpaired) electrons. The second-order valence-corrected chi connectivity index (χ2v) is 12.5. The summed E-state index contributed by atoms with van der Waals surface area (Å²) in [5.74, 6) is 2.45. The van der Waals surface area contributed by atoms with Crippen molar-refractivity contribution in [1.29, 1.82) is 0 Å². The Hall–Kier alpha value is -1.16. The summed E-state index contributed by atoms with van der Waals surface area (Å²) in [6.45, 7) is 8.74. The Labute approximate surface area is 200 Å². The van der Waals surface area contributed by atoms with E-state index < -0.39 is 18.5 Å². The number of carbonyl (C=O) groups excluding carboxylic acids is 2. The molecule has 186 valence electrons. The first-order valence-electron chi connectivity index (χ1n) is 13.8. The Morgan fingerprint density at radius 3 is 2.64 bits per heavy atom. The lowest BCUT2D eigenvalue weighted by Gasteiger charge is -2.58. The van der Waals surface area contributed by atoms with Gasteiger partial charge < -0.3 is 9.84 Å². The molecule has 0 aromatic heterocycles. The number of allylic oxidation sites excluding steroid dienone is 2. The Kier molecular flexibility index (Phi) is 7.44. The van der Waals surface area contributed by atoms with Crippen molar-refractivity contribution in [3.63, 3.8) is 0 Å². The number of hydrogen-bond donors (Lipinski definition) is 1. The van der Waals surface area contributed by atoms with E-state index in [4.69, 9.17) is 5.11 Å². The number of rotatable bonds is 7. The monoisotopic (exact) mass is 458 g/mol. The number of aliphatic hydroxyl groups excluding tert-OH is 1. The number of fused-ring (bicyclic) bond motifs is 5. The molecule has 3 fully saturated rings. The lowest BCUT2D eigenvalue weighted by atomic mass is 9.47. The molecule has 0 bridgehead atoms. The molecule has 0 spiro atoms. The Morgan fingerprint density at radius 2 is 1.88 bits per heavy atom. The van der Waals surface area contributed by atoms with Crippen LogP contribution < -0.4 is 0 Å². The van der Waals surface area contributed by atoms with Crippen molar-refractivity contribution in [3.05, 3.63) is 11.6 Å². The third-order valence-electron chi connectivity index (χ3n) is 10.8. The summed E-state index contributed by atoms with van der Waals surface area (Å²) >= 11 is 0. The first-order valence-corrected chi connectivity index (χ1v) is 13.8. The highest BCUT2D eigenvalue weighted by molar-refractivity contribution is 5.86. The van der Waals surface area contributed by atoms with Crippen LogP contribution in [-0.2, 0) is 14.3 Å². The molecule has 4 heteroatoms. The van der Waals surface area contributed by atoms with Gasteiger partial charge in [-0.25, -0.2) is 4.79 Å². The molecular weight excluding hydrogens is 412 g/mol. The van der Waals surface area contributed by atoms with Crippen molar-refractivity contribution in [3.8, 4) is 0 Å². The van der Waals surface area contributed by atoms with Gasteiger partial charge in [0, 0.05) is 0 Å². The summed E-state index contributed by atoms with van der Waals surface area (Å²) in [5.41, 5.74) is 2.75. The molecule has 4 unspecified atom stereocenters. The molecule has 3 saturated carbocycles. The number of aliphatic hydroxyl groups is 1. The average Bonchev–Trinajstić information content (AvgIpc) is 3.15. The van der Waals surface area contributed by atoms with Gasteiger partial charge in [0.2, 0.25) is 0 Å². The summed E-state index contributed by atoms with van der Waals surface area (Å²) in [5, 5.41) is 8.77. The zero-order valence-corrected chi connectivity index (χ0v) is 21.4. The van der Waals surface area contributed by atoms with Crippen LogP contribution in [0.1, 0.15) is 105 Å². The van der Waals surface area contributed by atoms with Crippen molar-refractivity contribution < 1.29 is 19.4 Å². The van der Waals surface area contributed by atoms with Crippen LogP contribution in [0, 0.1) is 46.3 Å². The maximum absolute atomic E-state index is 12.0. The Morgan fingerprint density at radius 1 is 1.09 bits per heavy atom. The van der Waals surface area contributed by atoms with Gasteiger partial charge in [-0.3, -0.25) is 4.79 Å². The van der Waals surface area contributed by atoms with E-state index >= 15 is 0 Å². The van der Waals surface area contributed by atoms with Crippen LogP contribution >= 0.6 is 0 Å². The molecule has 0 aromatic carbocycles. The van der Waals surface area contributed by atoms with E-state index in [-0.39, 0.29) is 5.92 Å². The van der Waals surface area contributed by atoms with Crippen LogP contribution in [0.3, 0.4) is 0 Å². The standard InChI is InChI=1S/C29H46O4/c1-19(8-7-9-20(2)27(32)33-26(31)18-30)23-13-14-24-22-12-11-21-10-5-6-16-28(21,3)25(22)15-17-29(23,24)4/h11,19-20,22-25,30H,5-10,12-18H2,1-4H3/t19-,20?,22?,23-,24?,25?,28+,29-/m1/s1. The van der Waals surface area contributed by atoms with Crippen LogP contribution in [0.5, 0.6) is 0 Å². The fraction of sp³-hybridized carbons (Fsp3) is 0.862. The SMILES string of the molecule is CC(CCC[C@@H](C)[C@H]1CCC2C3CC=C4CCCC[C@]4(C)C3CC[C@@]21C)C(=O)OC(=O)CO. The predicted octanol–water partition coefficient (Wildman–Crippen LogP) is 6.46. The summed E-state index contributed by atoms with van der Waals surface area (Å²) < 4.78 is 4.67. The van der Waals surface area contributed by atoms with E-state index in [1.807, 2.05) is 6.92 Å². The van der Waals surface area contributed by atoms with Gasteiger partial charge in [-0.2, -0.15) is 0 Å². The number of ether oxygens (including phenoxy) is 1. The van der Waals surface area contributed by atoms with Crippen LogP contribution in [0.4, 0.5) is 0 Å². The molecule has 0 heterocycles. The highest BCUT2D eigenvalue weighted by atomic mass is 16.6. The maximum atomic E-state index is 12.0. The van der Waals surface area contributed by atoms with Gasteiger partial charge in [0.1, 0.15) is 6.61 Å². The van der Waals surface area contributed by atoms with E-state index in [1.54, 1.807) is 5.57 Å². The smallest absolute Gasteiger partial charge is 0.339 e. The minimum absolute atomic E-state index is 0.297.